The van der Waals surface area contributed by atoms with E-state index in [1.807, 2.05) is 261 Å². The molecule has 0 N–H and O–H groups in total. The molecule has 0 aliphatic rings. The number of hydrogen-bond acceptors (Lipinski definition) is 3. The van der Waals surface area contributed by atoms with Crippen LogP contribution in [-0.4, -0.2) is 0 Å². The highest BCUT2D eigenvalue weighted by atomic mass is 16.3. The molecule has 0 aliphatic carbocycles. The lowest BCUT2D eigenvalue weighted by Gasteiger charge is -2.19. The summed E-state index contributed by atoms with van der Waals surface area (Å²) in [6, 6.07) is 91.6. The number of furan rings is 3. The monoisotopic (exact) mass is 1640 g/mol. The molecule has 24 aromatic carbocycles. The molecule has 0 bridgehead atoms. The predicted molar refractivity (Wildman–Crippen MR) is 540 cm³/mol. The van der Waals surface area contributed by atoms with E-state index in [0.717, 1.165) is 97.7 Å². The zero-order valence-electron chi connectivity index (χ0n) is 91.2. The first-order valence-electron chi connectivity index (χ1n) is 53.7. The maximum Gasteiger partial charge on any atom is 0.135 e. The van der Waals surface area contributed by atoms with Crippen LogP contribution in [0.5, 0.6) is 0 Å². The van der Waals surface area contributed by atoms with Crippen molar-refractivity contribution in [3.05, 3.63) is 460 Å². The van der Waals surface area contributed by atoms with Gasteiger partial charge in [-0.1, -0.05) is 394 Å². The summed E-state index contributed by atoms with van der Waals surface area (Å²) in [6.45, 7) is 0. The van der Waals surface area contributed by atoms with Crippen LogP contribution in [0.2, 0.25) is 0 Å². The van der Waals surface area contributed by atoms with Crippen LogP contribution >= 0.6 is 0 Å². The van der Waals surface area contributed by atoms with Crippen molar-refractivity contribution in [2.75, 3.05) is 0 Å². The van der Waals surface area contributed by atoms with Crippen molar-refractivity contribution in [2.24, 2.45) is 0 Å². The summed E-state index contributed by atoms with van der Waals surface area (Å²) in [6.07, 6.45) is 0. The average molecular weight is 1640 g/mol. The van der Waals surface area contributed by atoms with Gasteiger partial charge in [-0.15, -0.1) is 0 Å². The number of fused-ring (bicyclic) bond motifs is 20. The van der Waals surface area contributed by atoms with Crippen LogP contribution in [0.1, 0.15) is 32.9 Å². The van der Waals surface area contributed by atoms with E-state index < -0.39 is 72.5 Å². The van der Waals surface area contributed by atoms with Crippen molar-refractivity contribution in [2.45, 2.75) is 0 Å². The van der Waals surface area contributed by atoms with E-state index >= 15 is 0 Å². The summed E-state index contributed by atoms with van der Waals surface area (Å²) < 4.78 is 235. The summed E-state index contributed by atoms with van der Waals surface area (Å²) in [5.74, 6) is 0. The van der Waals surface area contributed by atoms with Gasteiger partial charge in [0.15, 0.2) is 0 Å². The molecule has 3 heterocycles. The first kappa shape index (κ1) is 52.6. The van der Waals surface area contributed by atoms with Crippen LogP contribution in [0.4, 0.5) is 0 Å². The van der Waals surface area contributed by atoms with Gasteiger partial charge in [-0.05, 0) is 263 Å². The Labute approximate surface area is 765 Å². The Balaban J connectivity index is 0.000000117. The molecule has 0 aliphatic heterocycles. The van der Waals surface area contributed by atoms with E-state index in [9.17, 15) is 16.4 Å². The van der Waals surface area contributed by atoms with E-state index in [1.54, 1.807) is 36.4 Å². The van der Waals surface area contributed by atoms with E-state index in [4.69, 9.17) is 29.7 Å². The van der Waals surface area contributed by atoms with Crippen LogP contribution in [-0.2, 0) is 0 Å². The van der Waals surface area contributed by atoms with Crippen LogP contribution in [0.25, 0.3) is 263 Å². The molecule has 0 amide bonds. The first-order valence-corrected chi connectivity index (χ1v) is 41.7. The Bertz CT molecular complexity index is 10500. The third-order valence-corrected chi connectivity index (χ3v) is 24.7. The van der Waals surface area contributed by atoms with E-state index in [1.165, 1.54) is 0 Å². The summed E-state index contributed by atoms with van der Waals surface area (Å²) >= 11 is 0. The van der Waals surface area contributed by atoms with Crippen molar-refractivity contribution in [1.82, 2.24) is 0 Å². The lowest BCUT2D eigenvalue weighted by atomic mass is 9.83. The lowest BCUT2D eigenvalue weighted by Crippen LogP contribution is -1.92. The van der Waals surface area contributed by atoms with E-state index in [2.05, 4.69) is 18.2 Å². The number of benzene rings is 24. The normalized spacial score (nSPS) is 14.4. The number of hydrogen-bond donors (Lipinski definition) is 0. The summed E-state index contributed by atoms with van der Waals surface area (Å²) in [4.78, 5) is 0. The third-order valence-electron chi connectivity index (χ3n) is 24.7. The molecule has 0 unspecified atom stereocenters. The minimum atomic E-state index is -0.431. The standard InChI is InChI=1S/2C42H26O.C40H24O/c1-2-15-31-27(11-1)12-10-21-32(31)28-13-9-14-29(25-28)41-34-17-3-5-19-36(34)42(37-20-6-4-18-35(37)41)30-23-24-40-38(26-30)33-16-7-8-22-39(33)43-40;1-2-12-31-27(10-1)11-9-18-32(31)28-20-22-29(23-21-28)41-34-14-3-5-16-36(34)42(37-17-6-4-15-35(37)41)30-24-25-40-38(26-30)33-13-7-8-19-39(33)43-40;1-2-12-27-25(11-1)23-36(29-14-4-3-13-28(27)29)40-33-18-7-5-16-31(33)39(32-17-6-8-19-34(32)40)26-21-22-38-35(24-26)30-15-9-10-20-37(30)41-38/h2*1-26H;1-24H/i3D,4D,5D,6D,17D,18D,19D,20D;3D,4D,5D,6D,14D,15D,16D,17D;5D,6D,7D,8D,16D,17D,18D,19D. The fourth-order valence-electron chi connectivity index (χ4n) is 19.1. The van der Waals surface area contributed by atoms with Gasteiger partial charge in [-0.3, -0.25) is 0 Å². The molecule has 590 valence electrons. The number of para-hydroxylation sites is 3. The van der Waals surface area contributed by atoms with Gasteiger partial charge in [-0.2, -0.15) is 0 Å². The Morgan fingerprint density at radius 2 is 0.394 bits per heavy atom. The summed E-state index contributed by atoms with van der Waals surface area (Å²) in [7, 11) is 0. The molecule has 27 rings (SSSR count). The topological polar surface area (TPSA) is 39.4 Å². The molecule has 0 saturated heterocycles. The van der Waals surface area contributed by atoms with Crippen molar-refractivity contribution in [3.8, 4) is 89.0 Å². The second kappa shape index (κ2) is 30.1. The maximum atomic E-state index is 9.36. The maximum absolute atomic E-state index is 9.36. The highest BCUT2D eigenvalue weighted by Gasteiger charge is 2.25. The minimum absolute atomic E-state index is 0.177. The van der Waals surface area contributed by atoms with Crippen LogP contribution < -0.4 is 0 Å². The fourth-order valence-corrected chi connectivity index (χ4v) is 19.1. The predicted octanol–water partition coefficient (Wildman–Crippen LogP) is 35.6. The molecule has 3 aromatic heterocycles. The molecule has 3 heteroatoms. The lowest BCUT2D eigenvalue weighted by molar-refractivity contribution is 0.668. The largest absolute Gasteiger partial charge is 0.456 e. The molecule has 0 spiro atoms. The highest BCUT2D eigenvalue weighted by molar-refractivity contribution is 6.28. The Hall–Kier alpha value is -16.7. The quantitative estimate of drug-likeness (QED) is 0.112. The van der Waals surface area contributed by atoms with Crippen molar-refractivity contribution < 1.29 is 46.1 Å². The van der Waals surface area contributed by atoms with Crippen LogP contribution in [0, 0.1) is 0 Å². The van der Waals surface area contributed by atoms with Gasteiger partial charge in [0.1, 0.15) is 33.5 Å². The fraction of sp³-hybridized carbons (Fsp3) is 0. The molecule has 0 atom stereocenters. The summed E-state index contributed by atoms with van der Waals surface area (Å²) in [5.41, 5.74) is 13.0. The molecule has 127 heavy (non-hydrogen) atoms. The highest BCUT2D eigenvalue weighted by Crippen LogP contribution is 2.52. The molecule has 3 nitrogen and oxygen atoms in total. The summed E-state index contributed by atoms with van der Waals surface area (Å²) in [5, 5.41) is 15.0. The van der Waals surface area contributed by atoms with E-state index in [0.29, 0.717) is 100 Å². The van der Waals surface area contributed by atoms with Crippen molar-refractivity contribution in [3.63, 3.8) is 0 Å². The Kier molecular flexibility index (Phi) is 12.5. The number of rotatable bonds is 8. The Morgan fingerprint density at radius 1 is 0.134 bits per heavy atom. The molecular weight excluding hydrogens is 1540 g/mol. The molecule has 27 aromatic rings. The zero-order valence-corrected chi connectivity index (χ0v) is 67.2. The SMILES string of the molecule is [2H]c1c([2H])c([2H])c2c(-c3cc4ccccc4c4ccccc34)c3c([2H])c([2H])c([2H])c([2H])c3c(-c3ccc4oc5ccccc5c4c3)c2c1[2H].[2H]c1c([2H])c([2H])c2c(-c3ccc4oc5ccccc5c4c3)c3c([2H])c([2H])c([2H])c([2H])c3c(-c3ccc(-c4cccc5ccccc45)cc3)c2c1[2H].[2H]c1c([2H])c([2H])c2c(-c3ccc4oc5ccccc5c4c3)c3c([2H])c([2H])c([2H])c([2H])c3c(-c3cccc(-c4cccc5ccccc45)c3)c2c1[2H]. The minimum Gasteiger partial charge on any atom is -0.456 e. The van der Waals surface area contributed by atoms with Crippen molar-refractivity contribution in [1.29, 1.82) is 0 Å². The van der Waals surface area contributed by atoms with Gasteiger partial charge in [0.25, 0.3) is 0 Å². The van der Waals surface area contributed by atoms with Gasteiger partial charge in [-0.25, -0.2) is 0 Å². The van der Waals surface area contributed by atoms with Gasteiger partial charge in [0.2, 0.25) is 0 Å². The second-order valence-corrected chi connectivity index (χ2v) is 31.6. The van der Waals surface area contributed by atoms with Gasteiger partial charge < -0.3 is 13.3 Å². The molecule has 0 saturated carbocycles. The molecule has 0 fully saturated rings. The smallest absolute Gasteiger partial charge is 0.135 e. The average Bonchev–Trinajstić information content (AvgIpc) is 1.59. The van der Waals surface area contributed by atoms with E-state index in [-0.39, 0.29) is 137 Å². The Morgan fingerprint density at radius 3 is 0.787 bits per heavy atom. The van der Waals surface area contributed by atoms with Crippen LogP contribution in [0.3, 0.4) is 0 Å². The van der Waals surface area contributed by atoms with Gasteiger partial charge >= 0.3 is 0 Å². The van der Waals surface area contributed by atoms with Gasteiger partial charge in [0.05, 0.1) is 32.9 Å². The second-order valence-electron chi connectivity index (χ2n) is 31.6. The third kappa shape index (κ3) is 12.2. The molecule has 0 radical (unpaired) electrons. The van der Waals surface area contributed by atoms with Crippen molar-refractivity contribution >= 4 is 174 Å². The van der Waals surface area contributed by atoms with Gasteiger partial charge in [0, 0.05) is 32.3 Å². The molecular formula is C124H76O3. The first-order chi connectivity index (χ1) is 73.0. The van der Waals surface area contributed by atoms with Crippen LogP contribution in [0.15, 0.2) is 474 Å². The zero-order chi connectivity index (χ0) is 104.